The lowest BCUT2D eigenvalue weighted by Crippen LogP contribution is -1.79. The predicted octanol–water partition coefficient (Wildman–Crippen LogP) is 4.26. The van der Waals surface area contributed by atoms with E-state index in [4.69, 9.17) is 0 Å². The molecule has 0 spiro atoms. The largest absolute Gasteiger partial charge is 0.0991 e. The van der Waals surface area contributed by atoms with Gasteiger partial charge in [0, 0.05) is 0 Å². The summed E-state index contributed by atoms with van der Waals surface area (Å²) in [6.45, 7) is 8.08. The van der Waals surface area contributed by atoms with Crippen LogP contribution in [0, 0.1) is 0 Å². The fourth-order valence-corrected chi connectivity index (χ4v) is 1.14. The monoisotopic (exact) mass is 164 g/mol. The van der Waals surface area contributed by atoms with E-state index in [9.17, 15) is 0 Å². The Balaban J connectivity index is 3.86. The van der Waals surface area contributed by atoms with E-state index in [1.54, 1.807) is 0 Å². The van der Waals surface area contributed by atoms with Gasteiger partial charge in [0.2, 0.25) is 0 Å². The average molecular weight is 164 g/mol. The fourth-order valence-electron chi connectivity index (χ4n) is 1.14. The molecule has 0 aliphatic heterocycles. The summed E-state index contributed by atoms with van der Waals surface area (Å²) in [4.78, 5) is 0. The molecule has 0 aromatic rings. The summed E-state index contributed by atoms with van der Waals surface area (Å²) in [6.07, 6.45) is 13.1. The Morgan fingerprint density at radius 2 is 2.00 bits per heavy atom. The number of allylic oxidation sites excluding steroid dienone is 5. The molecular formula is C12H20. The van der Waals surface area contributed by atoms with Crippen molar-refractivity contribution in [1.82, 2.24) is 0 Å². The molecule has 0 unspecified atom stereocenters. The smallest absolute Gasteiger partial charge is 0.0136 e. The number of hydrogen-bond donors (Lipinski definition) is 0. The Morgan fingerprint density at radius 3 is 2.50 bits per heavy atom. The molecule has 0 atom stereocenters. The SMILES string of the molecule is C=C/C=C(\C/C=C\CC)CCC. The zero-order valence-corrected chi connectivity index (χ0v) is 8.34. The molecule has 0 aromatic carbocycles. The topological polar surface area (TPSA) is 0 Å². The van der Waals surface area contributed by atoms with Crippen molar-refractivity contribution in [3.8, 4) is 0 Å². The van der Waals surface area contributed by atoms with Crippen LogP contribution in [0.3, 0.4) is 0 Å². The van der Waals surface area contributed by atoms with Crippen molar-refractivity contribution in [2.75, 3.05) is 0 Å². The second-order valence-corrected chi connectivity index (χ2v) is 2.89. The normalized spacial score (nSPS) is 12.3. The highest BCUT2D eigenvalue weighted by molar-refractivity contribution is 5.13. The third-order valence-corrected chi connectivity index (χ3v) is 1.71. The molecule has 0 N–H and O–H groups in total. The van der Waals surface area contributed by atoms with Crippen LogP contribution in [0.15, 0.2) is 36.5 Å². The van der Waals surface area contributed by atoms with Crippen molar-refractivity contribution in [3.05, 3.63) is 36.5 Å². The highest BCUT2D eigenvalue weighted by Gasteiger charge is 1.90. The van der Waals surface area contributed by atoms with E-state index in [1.165, 1.54) is 18.4 Å². The maximum atomic E-state index is 3.71. The lowest BCUT2D eigenvalue weighted by Gasteiger charge is -1.99. The van der Waals surface area contributed by atoms with E-state index in [0.29, 0.717) is 0 Å². The molecule has 0 saturated heterocycles. The van der Waals surface area contributed by atoms with Gasteiger partial charge in [-0.05, 0) is 19.3 Å². The number of hydrogen-bond acceptors (Lipinski definition) is 0. The van der Waals surface area contributed by atoms with Crippen LogP contribution in [-0.4, -0.2) is 0 Å². The molecule has 0 aliphatic rings. The second kappa shape index (κ2) is 8.32. The van der Waals surface area contributed by atoms with Gasteiger partial charge in [-0.2, -0.15) is 0 Å². The maximum absolute atomic E-state index is 3.71. The predicted molar refractivity (Wildman–Crippen MR) is 57.2 cm³/mol. The minimum atomic E-state index is 1.09. The number of rotatable bonds is 6. The first kappa shape index (κ1) is 11.2. The van der Waals surface area contributed by atoms with E-state index in [1.807, 2.05) is 6.08 Å². The van der Waals surface area contributed by atoms with Crippen LogP contribution in [0.2, 0.25) is 0 Å². The van der Waals surface area contributed by atoms with Crippen molar-refractivity contribution in [1.29, 1.82) is 0 Å². The van der Waals surface area contributed by atoms with Gasteiger partial charge in [-0.15, -0.1) is 0 Å². The highest BCUT2D eigenvalue weighted by atomic mass is 14.0. The quantitative estimate of drug-likeness (QED) is 0.406. The molecule has 0 amide bonds. The van der Waals surface area contributed by atoms with Gasteiger partial charge >= 0.3 is 0 Å². The van der Waals surface area contributed by atoms with Gasteiger partial charge in [0.25, 0.3) is 0 Å². The summed E-state index contributed by atoms with van der Waals surface area (Å²) in [6, 6.07) is 0. The standard InChI is InChI=1S/C12H20/c1-4-7-8-11-12(9-5-2)10-6-3/h5,7-9H,2,4,6,10-11H2,1,3H3/b8-7-,12-9-. The molecule has 0 nitrogen and oxygen atoms in total. The minimum Gasteiger partial charge on any atom is -0.0991 e. The average Bonchev–Trinajstić information content (AvgIpc) is 2.06. The molecule has 0 rings (SSSR count). The van der Waals surface area contributed by atoms with Gasteiger partial charge < -0.3 is 0 Å². The van der Waals surface area contributed by atoms with E-state index in [0.717, 1.165) is 12.8 Å². The third kappa shape index (κ3) is 5.96. The Kier molecular flexibility index (Phi) is 7.78. The summed E-state index contributed by atoms with van der Waals surface area (Å²) in [5, 5.41) is 0. The van der Waals surface area contributed by atoms with Crippen LogP contribution in [-0.2, 0) is 0 Å². The zero-order chi connectivity index (χ0) is 9.23. The van der Waals surface area contributed by atoms with Crippen LogP contribution >= 0.6 is 0 Å². The van der Waals surface area contributed by atoms with Crippen molar-refractivity contribution in [2.24, 2.45) is 0 Å². The Labute approximate surface area is 76.7 Å². The molecule has 0 fully saturated rings. The van der Waals surface area contributed by atoms with Gasteiger partial charge in [0.1, 0.15) is 0 Å². The molecular weight excluding hydrogens is 144 g/mol. The van der Waals surface area contributed by atoms with Crippen LogP contribution < -0.4 is 0 Å². The molecule has 0 aromatic heterocycles. The lowest BCUT2D eigenvalue weighted by molar-refractivity contribution is 0.879. The Morgan fingerprint density at radius 1 is 1.25 bits per heavy atom. The summed E-state index contributed by atoms with van der Waals surface area (Å²) in [7, 11) is 0. The fraction of sp³-hybridized carbons (Fsp3) is 0.500. The Bertz CT molecular complexity index is 161. The molecule has 0 heteroatoms. The molecule has 0 radical (unpaired) electrons. The van der Waals surface area contributed by atoms with Gasteiger partial charge in [-0.1, -0.05) is 56.7 Å². The van der Waals surface area contributed by atoms with Gasteiger partial charge in [0.05, 0.1) is 0 Å². The van der Waals surface area contributed by atoms with Gasteiger partial charge in [-0.3, -0.25) is 0 Å². The van der Waals surface area contributed by atoms with Crippen molar-refractivity contribution in [3.63, 3.8) is 0 Å². The minimum absolute atomic E-state index is 1.09. The maximum Gasteiger partial charge on any atom is -0.0136 e. The lowest BCUT2D eigenvalue weighted by atomic mass is 10.1. The van der Waals surface area contributed by atoms with Crippen molar-refractivity contribution in [2.45, 2.75) is 39.5 Å². The van der Waals surface area contributed by atoms with Crippen LogP contribution in [0.25, 0.3) is 0 Å². The van der Waals surface area contributed by atoms with Gasteiger partial charge in [-0.25, -0.2) is 0 Å². The molecule has 68 valence electrons. The molecule has 12 heavy (non-hydrogen) atoms. The van der Waals surface area contributed by atoms with Crippen LogP contribution in [0.4, 0.5) is 0 Å². The first-order valence-corrected chi connectivity index (χ1v) is 4.80. The first-order chi connectivity index (χ1) is 5.85. The van der Waals surface area contributed by atoms with E-state index in [2.05, 4.69) is 38.7 Å². The third-order valence-electron chi connectivity index (χ3n) is 1.71. The van der Waals surface area contributed by atoms with E-state index < -0.39 is 0 Å². The highest BCUT2D eigenvalue weighted by Crippen LogP contribution is 2.10. The summed E-state index contributed by atoms with van der Waals surface area (Å²) >= 11 is 0. The van der Waals surface area contributed by atoms with Crippen LogP contribution in [0.5, 0.6) is 0 Å². The molecule has 0 saturated carbocycles. The summed E-state index contributed by atoms with van der Waals surface area (Å²) in [5.74, 6) is 0. The summed E-state index contributed by atoms with van der Waals surface area (Å²) in [5.41, 5.74) is 1.48. The first-order valence-electron chi connectivity index (χ1n) is 4.80. The summed E-state index contributed by atoms with van der Waals surface area (Å²) < 4.78 is 0. The molecule has 0 bridgehead atoms. The van der Waals surface area contributed by atoms with Gasteiger partial charge in [0.15, 0.2) is 0 Å². The zero-order valence-electron chi connectivity index (χ0n) is 8.34. The van der Waals surface area contributed by atoms with E-state index >= 15 is 0 Å². The van der Waals surface area contributed by atoms with Crippen LogP contribution in [0.1, 0.15) is 39.5 Å². The Hall–Kier alpha value is -0.780. The van der Waals surface area contributed by atoms with E-state index in [-0.39, 0.29) is 0 Å². The van der Waals surface area contributed by atoms with Crippen molar-refractivity contribution >= 4 is 0 Å². The van der Waals surface area contributed by atoms with Crippen molar-refractivity contribution < 1.29 is 0 Å². The molecule has 0 heterocycles. The molecule has 0 aliphatic carbocycles. The second-order valence-electron chi connectivity index (χ2n) is 2.89.